The summed E-state index contributed by atoms with van der Waals surface area (Å²) in [4.78, 5) is 0. The topological polar surface area (TPSA) is 37.1 Å². The van der Waals surface area contributed by atoms with Crippen molar-refractivity contribution in [2.45, 2.75) is 54.9 Å². The Hall–Kier alpha value is -0.730. The lowest BCUT2D eigenvalue weighted by Crippen LogP contribution is -2.07. The second kappa shape index (κ2) is 6.12. The summed E-state index contributed by atoms with van der Waals surface area (Å²) in [5, 5.41) is 11.0. The number of hydrogen-bond donors (Lipinski definition) is 0. The van der Waals surface area contributed by atoms with Gasteiger partial charge in [-0.1, -0.05) is 42.0 Å². The summed E-state index contributed by atoms with van der Waals surface area (Å²) in [6.07, 6.45) is 2.93. The molecule has 0 aromatic rings. The molecule has 2 rings (SSSR count). The maximum atomic E-state index is 3.81. The lowest BCUT2D eigenvalue weighted by Gasteiger charge is -2.10. The van der Waals surface area contributed by atoms with E-state index in [1.807, 2.05) is 0 Å². The molecular formula is C13H27N3. The van der Waals surface area contributed by atoms with Crippen molar-refractivity contribution in [1.29, 1.82) is 0 Å². The first-order valence-corrected chi connectivity index (χ1v) is 5.89. The Balaban J connectivity index is 0.000000267. The van der Waals surface area contributed by atoms with Gasteiger partial charge in [-0.2, -0.15) is 5.11 Å². The van der Waals surface area contributed by atoms with Crippen molar-refractivity contribution in [2.24, 2.45) is 32.7 Å². The van der Waals surface area contributed by atoms with E-state index in [0.717, 1.165) is 17.0 Å². The summed E-state index contributed by atoms with van der Waals surface area (Å²) < 4.78 is 0. The van der Waals surface area contributed by atoms with Crippen LogP contribution in [0.4, 0.5) is 0 Å². The molecule has 1 fully saturated rings. The van der Waals surface area contributed by atoms with Crippen LogP contribution in [-0.4, -0.2) is 12.3 Å². The van der Waals surface area contributed by atoms with Crippen LogP contribution in [0, 0.1) is 17.3 Å². The van der Waals surface area contributed by atoms with Crippen LogP contribution in [0.15, 0.2) is 15.4 Å². The number of nitrogens with zero attached hydrogens (tertiary/aromatic N) is 3. The average molecular weight is 225 g/mol. The standard InChI is InChI=1S/C7H14.C5H9N3.CH4/c1-6(2)7(3)4-5-7;1-4(2)5-3-6-8-7-5;/h6H,4-5H2,1-3H3;4H,3H2,1-2H3;1H4. The fourth-order valence-electron chi connectivity index (χ4n) is 1.30. The van der Waals surface area contributed by atoms with Crippen molar-refractivity contribution in [2.75, 3.05) is 6.54 Å². The molecule has 94 valence electrons. The first-order chi connectivity index (χ1) is 6.96. The van der Waals surface area contributed by atoms with Crippen LogP contribution in [0.1, 0.15) is 54.9 Å². The van der Waals surface area contributed by atoms with E-state index in [1.165, 1.54) is 12.8 Å². The summed E-state index contributed by atoms with van der Waals surface area (Å²) in [5.41, 5.74) is 1.84. The predicted octanol–water partition coefficient (Wildman–Crippen LogP) is 4.54. The number of rotatable bonds is 2. The number of hydrogen-bond acceptors (Lipinski definition) is 3. The maximum absolute atomic E-state index is 3.81. The summed E-state index contributed by atoms with van der Waals surface area (Å²) >= 11 is 0. The van der Waals surface area contributed by atoms with Crippen molar-refractivity contribution in [3.05, 3.63) is 0 Å². The second-order valence-corrected chi connectivity index (χ2v) is 5.44. The van der Waals surface area contributed by atoms with Gasteiger partial charge in [-0.15, -0.1) is 5.10 Å². The Bertz CT molecular complexity index is 260. The van der Waals surface area contributed by atoms with Gasteiger partial charge in [0, 0.05) is 0 Å². The van der Waals surface area contributed by atoms with Gasteiger partial charge >= 0.3 is 0 Å². The molecule has 1 aliphatic heterocycles. The van der Waals surface area contributed by atoms with E-state index in [9.17, 15) is 0 Å². The lowest BCUT2D eigenvalue weighted by molar-refractivity contribution is 0.397. The Kier molecular flexibility index (Phi) is 5.84. The van der Waals surface area contributed by atoms with Crippen LogP contribution in [0.5, 0.6) is 0 Å². The molecule has 0 unspecified atom stereocenters. The fraction of sp³-hybridized carbons (Fsp3) is 0.923. The van der Waals surface area contributed by atoms with E-state index in [2.05, 4.69) is 50.1 Å². The minimum absolute atomic E-state index is 0. The van der Waals surface area contributed by atoms with Crippen LogP contribution in [0.3, 0.4) is 0 Å². The van der Waals surface area contributed by atoms with Crippen LogP contribution >= 0.6 is 0 Å². The van der Waals surface area contributed by atoms with E-state index in [-0.39, 0.29) is 7.43 Å². The Labute approximate surface area is 100 Å². The van der Waals surface area contributed by atoms with Gasteiger partial charge in [0.1, 0.15) is 6.54 Å². The largest absolute Gasteiger partial charge is 0.163 e. The van der Waals surface area contributed by atoms with E-state index in [1.54, 1.807) is 0 Å². The first-order valence-electron chi connectivity index (χ1n) is 5.89. The minimum Gasteiger partial charge on any atom is -0.163 e. The molecule has 1 heterocycles. The highest BCUT2D eigenvalue weighted by atomic mass is 15.4. The zero-order chi connectivity index (χ0) is 11.5. The molecule has 3 nitrogen and oxygen atoms in total. The van der Waals surface area contributed by atoms with Crippen LogP contribution in [0.25, 0.3) is 0 Å². The van der Waals surface area contributed by atoms with Gasteiger partial charge in [0.05, 0.1) is 5.71 Å². The summed E-state index contributed by atoms with van der Waals surface area (Å²) in [6, 6.07) is 0. The van der Waals surface area contributed by atoms with Crippen LogP contribution in [-0.2, 0) is 0 Å². The molecule has 0 saturated heterocycles. The average Bonchev–Trinajstić information content (AvgIpc) is 2.70. The maximum Gasteiger partial charge on any atom is 0.102 e. The molecule has 16 heavy (non-hydrogen) atoms. The van der Waals surface area contributed by atoms with Crippen LogP contribution in [0.2, 0.25) is 0 Å². The molecule has 0 aromatic heterocycles. The van der Waals surface area contributed by atoms with Gasteiger partial charge in [0.2, 0.25) is 0 Å². The molecule has 1 aliphatic carbocycles. The molecular weight excluding hydrogens is 198 g/mol. The minimum atomic E-state index is 0. The molecule has 2 aliphatic rings. The highest BCUT2D eigenvalue weighted by Gasteiger charge is 2.39. The molecule has 0 spiro atoms. The van der Waals surface area contributed by atoms with Gasteiger partial charge in [0.15, 0.2) is 0 Å². The van der Waals surface area contributed by atoms with E-state index in [4.69, 9.17) is 0 Å². The normalized spacial score (nSPS) is 20.1. The summed E-state index contributed by atoms with van der Waals surface area (Å²) in [6.45, 7) is 11.9. The quantitative estimate of drug-likeness (QED) is 0.661. The Morgan fingerprint density at radius 3 is 1.81 bits per heavy atom. The van der Waals surface area contributed by atoms with Crippen molar-refractivity contribution in [3.63, 3.8) is 0 Å². The van der Waals surface area contributed by atoms with Gasteiger partial charge in [0.25, 0.3) is 0 Å². The van der Waals surface area contributed by atoms with E-state index >= 15 is 0 Å². The molecule has 0 atom stereocenters. The lowest BCUT2D eigenvalue weighted by atomic mass is 9.95. The molecule has 0 N–H and O–H groups in total. The summed E-state index contributed by atoms with van der Waals surface area (Å²) in [5.74, 6) is 1.41. The monoisotopic (exact) mass is 225 g/mol. The molecule has 0 radical (unpaired) electrons. The van der Waals surface area contributed by atoms with Crippen LogP contribution < -0.4 is 0 Å². The first kappa shape index (κ1) is 15.3. The SMILES string of the molecule is C.CC(C)C1(C)CC1.CC(C)C1=NN=NC1. The zero-order valence-corrected chi connectivity index (χ0v) is 10.6. The molecule has 3 heteroatoms. The molecule has 1 saturated carbocycles. The molecule has 0 bridgehead atoms. The highest BCUT2D eigenvalue weighted by molar-refractivity contribution is 5.88. The Morgan fingerprint density at radius 2 is 1.69 bits per heavy atom. The second-order valence-electron chi connectivity index (χ2n) is 5.44. The van der Waals surface area contributed by atoms with Crippen molar-refractivity contribution in [1.82, 2.24) is 0 Å². The van der Waals surface area contributed by atoms with Crippen molar-refractivity contribution < 1.29 is 0 Å². The van der Waals surface area contributed by atoms with Gasteiger partial charge < -0.3 is 0 Å². The molecule has 0 aromatic carbocycles. The van der Waals surface area contributed by atoms with Crippen molar-refractivity contribution >= 4 is 5.71 Å². The third-order valence-electron chi connectivity index (χ3n) is 3.57. The third-order valence-corrected chi connectivity index (χ3v) is 3.57. The smallest absolute Gasteiger partial charge is 0.102 e. The van der Waals surface area contributed by atoms with Gasteiger partial charge in [-0.05, 0) is 35.3 Å². The van der Waals surface area contributed by atoms with Gasteiger partial charge in [-0.3, -0.25) is 0 Å². The fourth-order valence-corrected chi connectivity index (χ4v) is 1.30. The van der Waals surface area contributed by atoms with E-state index < -0.39 is 0 Å². The van der Waals surface area contributed by atoms with E-state index in [0.29, 0.717) is 12.5 Å². The highest BCUT2D eigenvalue weighted by Crippen LogP contribution is 2.50. The summed E-state index contributed by atoms with van der Waals surface area (Å²) in [7, 11) is 0. The third kappa shape index (κ3) is 4.42. The zero-order valence-electron chi connectivity index (χ0n) is 10.6. The predicted molar refractivity (Wildman–Crippen MR) is 70.9 cm³/mol. The Morgan fingerprint density at radius 1 is 1.12 bits per heavy atom. The van der Waals surface area contributed by atoms with Crippen molar-refractivity contribution in [3.8, 4) is 0 Å². The molecule has 0 amide bonds. The van der Waals surface area contributed by atoms with Gasteiger partial charge in [-0.25, -0.2) is 0 Å².